The Kier molecular flexibility index (Phi) is 5.05. The Morgan fingerprint density at radius 1 is 1.34 bits per heavy atom. The average molecular weight is 456 g/mol. The highest BCUT2D eigenvalue weighted by atomic mass is 79.9. The fourth-order valence-corrected chi connectivity index (χ4v) is 3.94. The number of nitrogens with one attached hydrogen (secondary N) is 2. The topological polar surface area (TPSA) is 121 Å². The van der Waals surface area contributed by atoms with E-state index in [0.29, 0.717) is 17.0 Å². The molecule has 0 radical (unpaired) electrons. The zero-order valence-electron chi connectivity index (χ0n) is 16.2. The number of piperazine rings is 1. The molecule has 1 aliphatic rings. The van der Waals surface area contributed by atoms with Crippen LogP contribution in [0.5, 0.6) is 0 Å². The molecule has 3 aromatic rings. The summed E-state index contributed by atoms with van der Waals surface area (Å²) in [5.41, 5.74) is 7.81. The normalized spacial score (nSPS) is 19.5. The molecule has 0 spiro atoms. The monoisotopic (exact) mass is 455 g/mol. The minimum Gasteiger partial charge on any atom is -0.404 e. The van der Waals surface area contributed by atoms with Crippen LogP contribution in [0, 0.1) is 5.41 Å². The van der Waals surface area contributed by atoms with E-state index in [9.17, 15) is 0 Å². The molecule has 0 saturated carbocycles. The Morgan fingerprint density at radius 2 is 2.17 bits per heavy atom. The fraction of sp³-hybridized carbons (Fsp3) is 0.316. The quantitative estimate of drug-likeness (QED) is 0.514. The Hall–Kier alpha value is -2.85. The van der Waals surface area contributed by atoms with Gasteiger partial charge in [-0.25, -0.2) is 19.9 Å². The summed E-state index contributed by atoms with van der Waals surface area (Å²) in [7, 11) is 0. The first kappa shape index (κ1) is 19.5. The van der Waals surface area contributed by atoms with E-state index in [1.807, 2.05) is 16.7 Å². The minimum atomic E-state index is -0.175. The second kappa shape index (κ2) is 7.53. The minimum absolute atomic E-state index is 0.0579. The number of fused-ring (bicyclic) bond motifs is 1. The standard InChI is InChI=1S/C19H22BrN9/c1-19(2)11-28(9-13(27-19)12(5-21)6-22)16-3-4-23-18(26-16)14-7-25-17-8-24-15(20)10-29(14)17/h3-8,10,13,21,27H,9,11,22H2,1-2H3/b12-6+,21-5?. The van der Waals surface area contributed by atoms with Crippen molar-refractivity contribution in [3.63, 3.8) is 0 Å². The number of imidazole rings is 1. The highest BCUT2D eigenvalue weighted by Gasteiger charge is 2.34. The molecular formula is C19H22BrN9. The first-order valence-electron chi connectivity index (χ1n) is 9.17. The third-order valence-corrected chi connectivity index (χ3v) is 5.28. The van der Waals surface area contributed by atoms with Gasteiger partial charge in [0, 0.05) is 49.0 Å². The Labute approximate surface area is 176 Å². The third-order valence-electron chi connectivity index (χ3n) is 4.87. The fourth-order valence-electron chi connectivity index (χ4n) is 3.63. The van der Waals surface area contributed by atoms with Crippen molar-refractivity contribution in [1.29, 1.82) is 5.41 Å². The zero-order chi connectivity index (χ0) is 20.6. The number of aromatic nitrogens is 5. The van der Waals surface area contributed by atoms with Gasteiger partial charge in [0.15, 0.2) is 11.5 Å². The van der Waals surface area contributed by atoms with Crippen LogP contribution in [0.15, 0.2) is 47.2 Å². The Bertz CT molecular complexity index is 1090. The number of hydrogen-bond acceptors (Lipinski definition) is 8. The van der Waals surface area contributed by atoms with Gasteiger partial charge in [-0.15, -0.1) is 0 Å². The van der Waals surface area contributed by atoms with Crippen molar-refractivity contribution in [2.75, 3.05) is 18.0 Å². The maximum Gasteiger partial charge on any atom is 0.180 e. The lowest BCUT2D eigenvalue weighted by Gasteiger charge is -2.44. The zero-order valence-corrected chi connectivity index (χ0v) is 17.8. The Balaban J connectivity index is 1.71. The summed E-state index contributed by atoms with van der Waals surface area (Å²) in [5.74, 6) is 1.40. The SMILES string of the molecule is CC1(C)CN(c2ccnc(-c3cnc4cnc(Br)cn34)n2)CC(/C(C=N)=C/N)N1. The maximum absolute atomic E-state index is 7.64. The van der Waals surface area contributed by atoms with Crippen LogP contribution in [0.25, 0.3) is 17.2 Å². The molecule has 1 fully saturated rings. The van der Waals surface area contributed by atoms with Crippen molar-refractivity contribution < 1.29 is 0 Å². The number of nitrogens with zero attached hydrogens (tertiary/aromatic N) is 6. The van der Waals surface area contributed by atoms with Crippen molar-refractivity contribution in [1.82, 2.24) is 29.7 Å². The number of hydrogen-bond donors (Lipinski definition) is 3. The lowest BCUT2D eigenvalue weighted by atomic mass is 9.95. The van der Waals surface area contributed by atoms with Gasteiger partial charge in [-0.05, 0) is 35.8 Å². The molecule has 4 rings (SSSR count). The summed E-state index contributed by atoms with van der Waals surface area (Å²) in [6.07, 6.45) is 9.83. The second-order valence-electron chi connectivity index (χ2n) is 7.59. The molecule has 0 bridgehead atoms. The maximum atomic E-state index is 7.64. The highest BCUT2D eigenvalue weighted by molar-refractivity contribution is 9.10. The van der Waals surface area contributed by atoms with Gasteiger partial charge in [-0.1, -0.05) is 0 Å². The predicted octanol–water partition coefficient (Wildman–Crippen LogP) is 2.00. The molecule has 150 valence electrons. The Morgan fingerprint density at radius 3 is 2.93 bits per heavy atom. The molecule has 0 amide bonds. The number of nitrogens with two attached hydrogens (primary N) is 1. The molecule has 1 aliphatic heterocycles. The van der Waals surface area contributed by atoms with Gasteiger partial charge in [0.05, 0.1) is 18.4 Å². The smallest absolute Gasteiger partial charge is 0.180 e. The van der Waals surface area contributed by atoms with E-state index in [-0.39, 0.29) is 11.6 Å². The average Bonchev–Trinajstić information content (AvgIpc) is 3.11. The van der Waals surface area contributed by atoms with Gasteiger partial charge in [0.25, 0.3) is 0 Å². The lowest BCUT2D eigenvalue weighted by Crippen LogP contribution is -2.63. The molecule has 1 atom stereocenters. The lowest BCUT2D eigenvalue weighted by molar-refractivity contribution is 0.312. The summed E-state index contributed by atoms with van der Waals surface area (Å²) in [6.45, 7) is 5.67. The number of anilines is 1. The van der Waals surface area contributed by atoms with Crippen LogP contribution >= 0.6 is 15.9 Å². The number of halogens is 1. The predicted molar refractivity (Wildman–Crippen MR) is 116 cm³/mol. The molecule has 10 heteroatoms. The van der Waals surface area contributed by atoms with Crippen molar-refractivity contribution in [3.05, 3.63) is 47.2 Å². The molecule has 1 unspecified atom stereocenters. The molecule has 0 aromatic carbocycles. The molecule has 0 aliphatic carbocycles. The van der Waals surface area contributed by atoms with E-state index in [2.05, 4.69) is 54.9 Å². The van der Waals surface area contributed by atoms with E-state index in [0.717, 1.165) is 29.3 Å². The van der Waals surface area contributed by atoms with E-state index >= 15 is 0 Å². The molecule has 4 heterocycles. The molecule has 4 N–H and O–H groups in total. The van der Waals surface area contributed by atoms with Gasteiger partial charge in [0.1, 0.15) is 16.1 Å². The van der Waals surface area contributed by atoms with E-state index in [1.54, 1.807) is 18.6 Å². The summed E-state index contributed by atoms with van der Waals surface area (Å²) in [5, 5.41) is 11.2. The summed E-state index contributed by atoms with van der Waals surface area (Å²) < 4.78 is 2.62. The molecule has 1 saturated heterocycles. The summed E-state index contributed by atoms with van der Waals surface area (Å²) in [4.78, 5) is 20.1. The first-order chi connectivity index (χ1) is 13.9. The van der Waals surface area contributed by atoms with Gasteiger partial charge in [-0.3, -0.25) is 4.40 Å². The largest absolute Gasteiger partial charge is 0.404 e. The molecule has 9 nitrogen and oxygen atoms in total. The van der Waals surface area contributed by atoms with Crippen LogP contribution in [0.4, 0.5) is 5.82 Å². The van der Waals surface area contributed by atoms with E-state index in [1.165, 1.54) is 12.4 Å². The van der Waals surface area contributed by atoms with Crippen LogP contribution in [0.1, 0.15) is 13.8 Å². The third kappa shape index (κ3) is 3.85. The molecular weight excluding hydrogens is 434 g/mol. The van der Waals surface area contributed by atoms with Crippen LogP contribution in [0.3, 0.4) is 0 Å². The van der Waals surface area contributed by atoms with Crippen LogP contribution in [-0.4, -0.2) is 55.2 Å². The molecule has 3 aromatic heterocycles. The van der Waals surface area contributed by atoms with Crippen LogP contribution in [-0.2, 0) is 0 Å². The van der Waals surface area contributed by atoms with Crippen molar-refractivity contribution in [2.24, 2.45) is 5.73 Å². The van der Waals surface area contributed by atoms with E-state index in [4.69, 9.17) is 16.1 Å². The van der Waals surface area contributed by atoms with Gasteiger partial charge in [0.2, 0.25) is 0 Å². The first-order valence-corrected chi connectivity index (χ1v) is 9.96. The number of rotatable bonds is 4. The van der Waals surface area contributed by atoms with Gasteiger partial charge in [-0.2, -0.15) is 0 Å². The highest BCUT2D eigenvalue weighted by Crippen LogP contribution is 2.25. The molecule has 29 heavy (non-hydrogen) atoms. The summed E-state index contributed by atoms with van der Waals surface area (Å²) >= 11 is 3.40. The van der Waals surface area contributed by atoms with E-state index < -0.39 is 0 Å². The van der Waals surface area contributed by atoms with Gasteiger partial charge >= 0.3 is 0 Å². The van der Waals surface area contributed by atoms with Crippen molar-refractivity contribution in [2.45, 2.75) is 25.4 Å². The second-order valence-corrected chi connectivity index (χ2v) is 8.40. The summed E-state index contributed by atoms with van der Waals surface area (Å²) in [6, 6.07) is 1.84. The van der Waals surface area contributed by atoms with Crippen molar-refractivity contribution >= 4 is 33.6 Å². The van der Waals surface area contributed by atoms with Crippen LogP contribution in [0.2, 0.25) is 0 Å². The van der Waals surface area contributed by atoms with Crippen LogP contribution < -0.4 is 16.0 Å². The van der Waals surface area contributed by atoms with Crippen molar-refractivity contribution in [3.8, 4) is 11.5 Å². The van der Waals surface area contributed by atoms with Gasteiger partial charge < -0.3 is 21.4 Å².